The number of rotatable bonds is 10. The molecule has 1 N–H and O–H groups in total. The third-order valence-corrected chi connectivity index (χ3v) is 10.3. The van der Waals surface area contributed by atoms with Gasteiger partial charge in [-0.25, -0.2) is 21.6 Å². The summed E-state index contributed by atoms with van der Waals surface area (Å²) in [7, 11) is -9.05. The first kappa shape index (κ1) is 31.3. The molecule has 0 radical (unpaired) electrons. The quantitative estimate of drug-likeness (QED) is 0.226. The number of non-ortho nitro benzene ring substituents is 2. The lowest BCUT2D eigenvalue weighted by Crippen LogP contribution is -2.48. The van der Waals surface area contributed by atoms with Gasteiger partial charge in [-0.1, -0.05) is 3.71 Å². The standard InChI is InChI=1S/C23H23N3O13S2/c1-14(27)39-21-12-15(23(29)38-2)11-16(22(21)28)13-24(40(34,35)19-7-3-17(4-8-19)25(30)31)41(36,37)20-9-5-18(6-10-20)26(32)33/h3-10,12,16,21-22,28H,11,13H2,1-2H3/t16-,21-,22+/m0/s1. The Morgan fingerprint density at radius 1 is 0.927 bits per heavy atom. The lowest BCUT2D eigenvalue weighted by atomic mass is 9.84. The van der Waals surface area contributed by atoms with Gasteiger partial charge in [0.15, 0.2) is 0 Å². The summed E-state index contributed by atoms with van der Waals surface area (Å²) in [5.41, 5.74) is -1.09. The fraction of sp³-hybridized carbons (Fsp3) is 0.304. The predicted molar refractivity (Wildman–Crippen MR) is 137 cm³/mol. The molecule has 0 fully saturated rings. The molecule has 0 saturated heterocycles. The van der Waals surface area contributed by atoms with Crippen molar-refractivity contribution in [3.8, 4) is 0 Å². The van der Waals surface area contributed by atoms with Gasteiger partial charge in [0.05, 0.1) is 32.9 Å². The minimum absolute atomic E-state index is 0.0151. The van der Waals surface area contributed by atoms with E-state index in [0.717, 1.165) is 68.6 Å². The molecule has 3 rings (SSSR count). The predicted octanol–water partition coefficient (Wildman–Crippen LogP) is 1.29. The van der Waals surface area contributed by atoms with Crippen LogP contribution in [-0.4, -0.2) is 73.3 Å². The van der Waals surface area contributed by atoms with Gasteiger partial charge in [-0.15, -0.1) is 0 Å². The fourth-order valence-electron chi connectivity index (χ4n) is 4.02. The second-order valence-corrected chi connectivity index (χ2v) is 12.6. The molecular formula is C23H23N3O13S2. The van der Waals surface area contributed by atoms with Crippen LogP contribution in [-0.2, 0) is 39.1 Å². The van der Waals surface area contributed by atoms with E-state index in [1.165, 1.54) is 0 Å². The summed E-state index contributed by atoms with van der Waals surface area (Å²) in [5, 5.41) is 33.0. The lowest BCUT2D eigenvalue weighted by Gasteiger charge is -2.35. The molecule has 41 heavy (non-hydrogen) atoms. The molecule has 0 heterocycles. The number of methoxy groups -OCH3 is 1. The molecule has 2 aromatic carbocycles. The van der Waals surface area contributed by atoms with Crippen molar-refractivity contribution in [1.29, 1.82) is 0 Å². The number of aliphatic hydroxyl groups excluding tert-OH is 1. The molecule has 0 amide bonds. The highest BCUT2D eigenvalue weighted by molar-refractivity contribution is 8.04. The van der Waals surface area contributed by atoms with E-state index in [1.54, 1.807) is 0 Å². The van der Waals surface area contributed by atoms with Gasteiger partial charge in [-0.3, -0.25) is 25.0 Å². The van der Waals surface area contributed by atoms with Crippen LogP contribution in [0, 0.1) is 26.1 Å². The van der Waals surface area contributed by atoms with Gasteiger partial charge in [-0.05, 0) is 36.8 Å². The fourth-order valence-corrected chi connectivity index (χ4v) is 7.77. The number of hydrogen-bond donors (Lipinski definition) is 1. The minimum atomic E-state index is -5.05. The summed E-state index contributed by atoms with van der Waals surface area (Å²) in [6, 6.07) is 6.60. The Hall–Kier alpha value is -4.26. The van der Waals surface area contributed by atoms with Crippen LogP contribution < -0.4 is 0 Å². The number of nitro groups is 2. The number of carbonyl (C=O) groups is 2. The van der Waals surface area contributed by atoms with E-state index in [0.29, 0.717) is 0 Å². The van der Waals surface area contributed by atoms with Gasteiger partial charge in [0.2, 0.25) is 0 Å². The Morgan fingerprint density at radius 3 is 1.73 bits per heavy atom. The van der Waals surface area contributed by atoms with E-state index in [4.69, 9.17) is 4.74 Å². The summed E-state index contributed by atoms with van der Waals surface area (Å²) in [4.78, 5) is 43.0. The zero-order valence-electron chi connectivity index (χ0n) is 21.3. The summed E-state index contributed by atoms with van der Waals surface area (Å²) < 4.78 is 64.6. The van der Waals surface area contributed by atoms with Crippen LogP contribution in [0.2, 0.25) is 0 Å². The summed E-state index contributed by atoms with van der Waals surface area (Å²) >= 11 is 0. The molecule has 220 valence electrons. The van der Waals surface area contributed by atoms with Gasteiger partial charge >= 0.3 is 11.9 Å². The number of benzene rings is 2. The monoisotopic (exact) mass is 613 g/mol. The van der Waals surface area contributed by atoms with Gasteiger partial charge < -0.3 is 14.6 Å². The third-order valence-electron chi connectivity index (χ3n) is 6.03. The van der Waals surface area contributed by atoms with E-state index in [1.807, 2.05) is 0 Å². The largest absolute Gasteiger partial charge is 0.466 e. The Labute approximate surface area is 233 Å². The summed E-state index contributed by atoms with van der Waals surface area (Å²) in [6.45, 7) is 0.0261. The Kier molecular flexibility index (Phi) is 9.22. The number of nitro benzene ring substituents is 2. The topological polar surface area (TPSA) is 231 Å². The maximum Gasteiger partial charge on any atom is 0.333 e. The molecule has 1 aliphatic rings. The van der Waals surface area contributed by atoms with Gasteiger partial charge in [0.25, 0.3) is 31.4 Å². The number of ether oxygens (including phenoxy) is 2. The van der Waals surface area contributed by atoms with E-state index >= 15 is 0 Å². The molecule has 0 saturated carbocycles. The highest BCUT2D eigenvalue weighted by Crippen LogP contribution is 2.33. The number of hydrogen-bond acceptors (Lipinski definition) is 13. The Bertz CT molecular complexity index is 1520. The van der Waals surface area contributed by atoms with Crippen molar-refractivity contribution in [1.82, 2.24) is 3.71 Å². The van der Waals surface area contributed by atoms with Crippen LogP contribution in [0.1, 0.15) is 13.3 Å². The van der Waals surface area contributed by atoms with Crippen molar-refractivity contribution in [3.63, 3.8) is 0 Å². The highest BCUT2D eigenvalue weighted by atomic mass is 32.3. The SMILES string of the molecule is COC(=O)C1=C[C@H](OC(C)=O)[C@H](O)[C@H](CN(S(=O)(=O)c2ccc([N+](=O)[O-])cc2)S(=O)(=O)c2ccc([N+](=O)[O-])cc2)C1. The summed E-state index contributed by atoms with van der Waals surface area (Å²) in [6.07, 6.45) is -2.44. The lowest BCUT2D eigenvalue weighted by molar-refractivity contribution is -0.385. The average molecular weight is 614 g/mol. The normalized spacial score (nSPS) is 19.2. The van der Waals surface area contributed by atoms with Crippen molar-refractivity contribution >= 4 is 43.4 Å². The van der Waals surface area contributed by atoms with Crippen molar-refractivity contribution in [2.75, 3.05) is 13.7 Å². The summed E-state index contributed by atoms with van der Waals surface area (Å²) in [5.74, 6) is -3.12. The molecule has 2 aromatic rings. The number of sulfonamides is 2. The molecular weight excluding hydrogens is 590 g/mol. The average Bonchev–Trinajstić information content (AvgIpc) is 2.92. The van der Waals surface area contributed by atoms with Crippen molar-refractivity contribution in [2.45, 2.75) is 35.3 Å². The molecule has 1 aliphatic carbocycles. The van der Waals surface area contributed by atoms with E-state index < -0.39 is 94.1 Å². The van der Waals surface area contributed by atoms with Crippen molar-refractivity contribution in [2.24, 2.45) is 5.92 Å². The van der Waals surface area contributed by atoms with Crippen LogP contribution in [0.5, 0.6) is 0 Å². The molecule has 0 aromatic heterocycles. The molecule has 16 nitrogen and oxygen atoms in total. The molecule has 0 bridgehead atoms. The molecule has 3 atom stereocenters. The van der Waals surface area contributed by atoms with Crippen LogP contribution in [0.25, 0.3) is 0 Å². The van der Waals surface area contributed by atoms with Crippen molar-refractivity contribution < 1.29 is 50.9 Å². The zero-order valence-corrected chi connectivity index (χ0v) is 23.0. The molecule has 0 spiro atoms. The number of carbonyl (C=O) groups excluding carboxylic acids is 2. The smallest absolute Gasteiger partial charge is 0.333 e. The van der Waals surface area contributed by atoms with E-state index in [2.05, 4.69) is 4.74 Å². The second-order valence-electron chi connectivity index (χ2n) is 8.68. The minimum Gasteiger partial charge on any atom is -0.466 e. The van der Waals surface area contributed by atoms with Crippen LogP contribution in [0.4, 0.5) is 11.4 Å². The maximum atomic E-state index is 13.7. The third kappa shape index (κ3) is 6.73. The number of esters is 2. The number of aliphatic hydroxyl groups is 1. The first-order chi connectivity index (χ1) is 19.1. The second kappa shape index (κ2) is 12.1. The van der Waals surface area contributed by atoms with Crippen molar-refractivity contribution in [3.05, 3.63) is 80.4 Å². The molecule has 0 aliphatic heterocycles. The Morgan fingerprint density at radius 2 is 1.37 bits per heavy atom. The van der Waals surface area contributed by atoms with Gasteiger partial charge in [0.1, 0.15) is 6.10 Å². The van der Waals surface area contributed by atoms with E-state index in [-0.39, 0.29) is 9.28 Å². The first-order valence-corrected chi connectivity index (χ1v) is 14.4. The Balaban J connectivity index is 2.15. The zero-order chi connectivity index (χ0) is 30.7. The van der Waals surface area contributed by atoms with Crippen LogP contribution >= 0.6 is 0 Å². The number of nitrogens with zero attached hydrogens (tertiary/aromatic N) is 3. The maximum absolute atomic E-state index is 13.7. The van der Waals surface area contributed by atoms with E-state index in [9.17, 15) is 51.8 Å². The molecule has 18 heteroatoms. The highest BCUT2D eigenvalue weighted by Gasteiger charge is 2.44. The van der Waals surface area contributed by atoms with Crippen LogP contribution in [0.3, 0.4) is 0 Å². The van der Waals surface area contributed by atoms with Gasteiger partial charge in [-0.2, -0.15) is 0 Å². The molecule has 0 unspecified atom stereocenters. The van der Waals surface area contributed by atoms with Gasteiger partial charge in [0, 0.05) is 49.2 Å². The van der Waals surface area contributed by atoms with Crippen LogP contribution in [0.15, 0.2) is 70.0 Å². The first-order valence-electron chi connectivity index (χ1n) is 11.5.